The zero-order chi connectivity index (χ0) is 21.9. The maximum Gasteiger partial charge on any atom is 0.410 e. The second-order valence-corrected chi connectivity index (χ2v) is 8.18. The van der Waals surface area contributed by atoms with Crippen LogP contribution in [0, 0.1) is 0 Å². The van der Waals surface area contributed by atoms with E-state index in [4.69, 9.17) is 14.2 Å². The molecule has 1 fully saturated rings. The molecule has 0 unspecified atom stereocenters. The van der Waals surface area contributed by atoms with E-state index in [1.54, 1.807) is 18.9 Å². The van der Waals surface area contributed by atoms with E-state index in [9.17, 15) is 9.59 Å². The molecule has 1 aromatic carbocycles. The summed E-state index contributed by atoms with van der Waals surface area (Å²) in [7, 11) is 1.58. The van der Waals surface area contributed by atoms with Crippen LogP contribution in [0.15, 0.2) is 24.4 Å². The Hall–Kier alpha value is -3.03. The maximum atomic E-state index is 12.5. The molecule has 2 aromatic rings. The summed E-state index contributed by atoms with van der Waals surface area (Å²) in [6.45, 7) is 8.62. The molecule has 162 valence electrons. The fourth-order valence-corrected chi connectivity index (χ4v) is 3.45. The van der Waals surface area contributed by atoms with Crippen molar-refractivity contribution in [1.29, 1.82) is 0 Å². The van der Waals surface area contributed by atoms with E-state index in [2.05, 4.69) is 10.3 Å². The van der Waals surface area contributed by atoms with Crippen LogP contribution in [0.4, 0.5) is 10.5 Å². The van der Waals surface area contributed by atoms with Crippen LogP contribution in [0.3, 0.4) is 0 Å². The largest absolute Gasteiger partial charge is 0.494 e. The van der Waals surface area contributed by atoms with Gasteiger partial charge in [-0.25, -0.2) is 9.59 Å². The quantitative estimate of drug-likeness (QED) is 0.742. The molecular weight excluding hydrogens is 386 g/mol. The number of nitrogens with one attached hydrogen (secondary N) is 1. The van der Waals surface area contributed by atoms with Crippen molar-refractivity contribution in [2.75, 3.05) is 32.1 Å². The number of rotatable bonds is 5. The second-order valence-electron chi connectivity index (χ2n) is 8.18. The first-order chi connectivity index (χ1) is 14.2. The number of fused-ring (bicyclic) bond motifs is 1. The summed E-state index contributed by atoms with van der Waals surface area (Å²) >= 11 is 0. The first kappa shape index (κ1) is 21.7. The molecule has 1 amide bonds. The Morgan fingerprint density at radius 1 is 1.30 bits per heavy atom. The number of esters is 1. The second kappa shape index (κ2) is 8.77. The van der Waals surface area contributed by atoms with Crippen molar-refractivity contribution in [2.45, 2.75) is 45.8 Å². The van der Waals surface area contributed by atoms with Gasteiger partial charge in [-0.3, -0.25) is 4.98 Å². The Morgan fingerprint density at radius 3 is 2.73 bits per heavy atom. The lowest BCUT2D eigenvalue weighted by Gasteiger charge is -2.25. The number of amides is 1. The third-order valence-electron chi connectivity index (χ3n) is 4.76. The van der Waals surface area contributed by atoms with Gasteiger partial charge >= 0.3 is 12.1 Å². The van der Waals surface area contributed by atoms with Crippen LogP contribution in [0.2, 0.25) is 0 Å². The Balaban J connectivity index is 1.90. The molecule has 0 spiro atoms. The van der Waals surface area contributed by atoms with Crippen molar-refractivity contribution in [3.05, 3.63) is 30.0 Å². The number of carbonyl (C=O) groups is 2. The number of para-hydroxylation sites is 1. The molecule has 1 aliphatic heterocycles. The third-order valence-corrected chi connectivity index (χ3v) is 4.76. The number of carbonyl (C=O) groups excluding carboxylic acids is 2. The van der Waals surface area contributed by atoms with Crippen molar-refractivity contribution in [2.24, 2.45) is 0 Å². The summed E-state index contributed by atoms with van der Waals surface area (Å²) in [6, 6.07) is 5.52. The Bertz CT molecular complexity index is 938. The van der Waals surface area contributed by atoms with Gasteiger partial charge in [-0.05, 0) is 40.2 Å². The van der Waals surface area contributed by atoms with Crippen molar-refractivity contribution in [1.82, 2.24) is 9.88 Å². The van der Waals surface area contributed by atoms with Crippen LogP contribution in [-0.2, 0) is 9.47 Å². The van der Waals surface area contributed by atoms with Crippen LogP contribution in [0.25, 0.3) is 10.9 Å². The standard InChI is InChI=1S/C22H29N3O5/c1-6-29-20(26)16-12-23-19-15(8-7-9-17(19)28-5)18(16)24-14-10-11-25(13-14)21(27)30-22(2,3)4/h7-9,12,14H,6,10-11,13H2,1-5H3,(H,23,24)/t14-/m1/s1. The van der Waals surface area contributed by atoms with Gasteiger partial charge in [-0.2, -0.15) is 0 Å². The van der Waals surface area contributed by atoms with Gasteiger partial charge in [0.25, 0.3) is 0 Å². The molecule has 0 bridgehead atoms. The lowest BCUT2D eigenvalue weighted by atomic mass is 10.1. The predicted octanol–water partition coefficient (Wildman–Crippen LogP) is 3.84. The van der Waals surface area contributed by atoms with Crippen LogP contribution in [0.5, 0.6) is 5.75 Å². The smallest absolute Gasteiger partial charge is 0.410 e. The Labute approximate surface area is 176 Å². The number of ether oxygens (including phenoxy) is 3. The highest BCUT2D eigenvalue weighted by atomic mass is 16.6. The molecule has 0 radical (unpaired) electrons. The van der Waals surface area contributed by atoms with Crippen LogP contribution >= 0.6 is 0 Å². The van der Waals surface area contributed by atoms with Gasteiger partial charge in [0.2, 0.25) is 0 Å². The number of likely N-dealkylation sites (tertiary alicyclic amines) is 1. The summed E-state index contributed by atoms with van der Waals surface area (Å²) in [6.07, 6.45) is 1.90. The van der Waals surface area contributed by atoms with Crippen LogP contribution in [0.1, 0.15) is 44.5 Å². The summed E-state index contributed by atoms with van der Waals surface area (Å²) in [5.74, 6) is 0.173. The number of hydrogen-bond acceptors (Lipinski definition) is 7. The summed E-state index contributed by atoms with van der Waals surface area (Å²) < 4.78 is 16.1. The number of methoxy groups -OCH3 is 1. The van der Waals surface area contributed by atoms with Gasteiger partial charge < -0.3 is 24.4 Å². The topological polar surface area (TPSA) is 90.0 Å². The molecule has 0 aliphatic carbocycles. The lowest BCUT2D eigenvalue weighted by molar-refractivity contribution is 0.0293. The van der Waals surface area contributed by atoms with Gasteiger partial charge in [-0.15, -0.1) is 0 Å². The molecule has 1 atom stereocenters. The fraction of sp³-hybridized carbons (Fsp3) is 0.500. The maximum absolute atomic E-state index is 12.5. The fourth-order valence-electron chi connectivity index (χ4n) is 3.45. The number of hydrogen-bond donors (Lipinski definition) is 1. The molecule has 1 N–H and O–H groups in total. The van der Waals surface area contributed by atoms with E-state index in [0.29, 0.717) is 35.6 Å². The molecule has 0 saturated carbocycles. The Kier molecular flexibility index (Phi) is 6.34. The zero-order valence-corrected chi connectivity index (χ0v) is 18.2. The molecule has 1 aromatic heterocycles. The zero-order valence-electron chi connectivity index (χ0n) is 18.2. The first-order valence-corrected chi connectivity index (χ1v) is 10.1. The molecule has 1 saturated heterocycles. The monoisotopic (exact) mass is 415 g/mol. The van der Waals surface area contributed by atoms with Crippen molar-refractivity contribution in [3.8, 4) is 5.75 Å². The molecule has 30 heavy (non-hydrogen) atoms. The van der Waals surface area contributed by atoms with Gasteiger partial charge in [0.1, 0.15) is 22.4 Å². The number of anilines is 1. The molecule has 1 aliphatic rings. The minimum Gasteiger partial charge on any atom is -0.494 e. The van der Waals surface area contributed by atoms with E-state index in [1.165, 1.54) is 6.20 Å². The van der Waals surface area contributed by atoms with E-state index in [-0.39, 0.29) is 18.7 Å². The van der Waals surface area contributed by atoms with Crippen molar-refractivity contribution < 1.29 is 23.8 Å². The number of aromatic nitrogens is 1. The molecule has 8 heteroatoms. The van der Waals surface area contributed by atoms with E-state index in [0.717, 1.165) is 11.8 Å². The van der Waals surface area contributed by atoms with Gasteiger partial charge in [0.15, 0.2) is 0 Å². The normalized spacial score (nSPS) is 16.4. The summed E-state index contributed by atoms with van der Waals surface area (Å²) in [5, 5.41) is 4.20. The van der Waals surface area contributed by atoms with Crippen molar-refractivity contribution >= 4 is 28.7 Å². The van der Waals surface area contributed by atoms with Crippen LogP contribution < -0.4 is 10.1 Å². The van der Waals surface area contributed by atoms with E-state index in [1.807, 2.05) is 39.0 Å². The predicted molar refractivity (Wildman–Crippen MR) is 114 cm³/mol. The highest BCUT2D eigenvalue weighted by Gasteiger charge is 2.31. The minimum absolute atomic E-state index is 0.0394. The lowest BCUT2D eigenvalue weighted by Crippen LogP contribution is -2.36. The summed E-state index contributed by atoms with van der Waals surface area (Å²) in [5.41, 5.74) is 1.09. The molecule has 3 rings (SSSR count). The van der Waals surface area contributed by atoms with E-state index >= 15 is 0 Å². The highest BCUT2D eigenvalue weighted by molar-refractivity contribution is 6.06. The van der Waals surface area contributed by atoms with Crippen molar-refractivity contribution in [3.63, 3.8) is 0 Å². The first-order valence-electron chi connectivity index (χ1n) is 10.1. The number of benzene rings is 1. The SMILES string of the molecule is CCOC(=O)c1cnc2c(OC)cccc2c1N[C@@H]1CCN(C(=O)OC(C)(C)C)C1. The number of pyridine rings is 1. The molecule has 2 heterocycles. The molecule has 8 nitrogen and oxygen atoms in total. The van der Waals surface area contributed by atoms with Gasteiger partial charge in [0, 0.05) is 30.7 Å². The third kappa shape index (κ3) is 4.75. The Morgan fingerprint density at radius 2 is 2.07 bits per heavy atom. The van der Waals surface area contributed by atoms with E-state index < -0.39 is 11.6 Å². The molecular formula is C22H29N3O5. The highest BCUT2D eigenvalue weighted by Crippen LogP contribution is 2.33. The summed E-state index contributed by atoms with van der Waals surface area (Å²) in [4.78, 5) is 31.0. The average Bonchev–Trinajstić information content (AvgIpc) is 3.15. The van der Waals surface area contributed by atoms with Crippen LogP contribution in [-0.4, -0.2) is 60.4 Å². The average molecular weight is 415 g/mol. The van der Waals surface area contributed by atoms with Gasteiger partial charge in [0.05, 0.1) is 19.4 Å². The minimum atomic E-state index is -0.544. The number of nitrogens with zero attached hydrogens (tertiary/aromatic N) is 2. The van der Waals surface area contributed by atoms with Gasteiger partial charge in [-0.1, -0.05) is 12.1 Å².